The quantitative estimate of drug-likeness (QED) is 0.916. The Balaban J connectivity index is 1.47. The summed E-state index contributed by atoms with van der Waals surface area (Å²) in [6.45, 7) is 0.942. The highest BCUT2D eigenvalue weighted by Gasteiger charge is 2.58. The Kier molecular flexibility index (Phi) is 3.29. The fourth-order valence-corrected chi connectivity index (χ4v) is 4.22. The van der Waals surface area contributed by atoms with E-state index in [1.807, 2.05) is 30.3 Å². The zero-order chi connectivity index (χ0) is 16.1. The second kappa shape index (κ2) is 5.12. The fraction of sp³-hybridized carbons (Fsp3) is 0.467. The van der Waals surface area contributed by atoms with E-state index in [4.69, 9.17) is 9.66 Å². The van der Waals surface area contributed by atoms with Gasteiger partial charge in [-0.05, 0) is 36.8 Å². The Morgan fingerprint density at radius 1 is 1.22 bits per heavy atom. The van der Waals surface area contributed by atoms with Crippen molar-refractivity contribution in [2.45, 2.75) is 25.2 Å². The first-order chi connectivity index (χ1) is 11.0. The summed E-state index contributed by atoms with van der Waals surface area (Å²) in [6, 6.07) is 9.67. The van der Waals surface area contributed by atoms with Gasteiger partial charge in [-0.3, -0.25) is 0 Å². The van der Waals surface area contributed by atoms with Gasteiger partial charge < -0.3 is 4.52 Å². The van der Waals surface area contributed by atoms with Crippen molar-refractivity contribution < 1.29 is 12.9 Å². The largest absolute Gasteiger partial charge is 0.334 e. The molecule has 0 unspecified atom stereocenters. The van der Waals surface area contributed by atoms with Crippen LogP contribution in [0.15, 0.2) is 34.9 Å². The number of benzene rings is 1. The Hall–Kier alpha value is -1.77. The van der Waals surface area contributed by atoms with E-state index in [0.29, 0.717) is 19.0 Å². The molecular weight excluding hydrogens is 316 g/mol. The van der Waals surface area contributed by atoms with E-state index in [2.05, 4.69) is 10.1 Å². The first-order valence-electron chi connectivity index (χ1n) is 7.65. The maximum absolute atomic E-state index is 11.4. The molecule has 1 aromatic carbocycles. The van der Waals surface area contributed by atoms with Crippen LogP contribution in [0.25, 0.3) is 11.5 Å². The van der Waals surface area contributed by atoms with Crippen LogP contribution in [0.2, 0.25) is 0 Å². The van der Waals surface area contributed by atoms with Crippen molar-refractivity contribution in [1.29, 1.82) is 0 Å². The highest BCUT2D eigenvalue weighted by molar-refractivity contribution is 7.86. The lowest BCUT2D eigenvalue weighted by Crippen LogP contribution is -2.43. The van der Waals surface area contributed by atoms with E-state index in [9.17, 15) is 8.42 Å². The zero-order valence-electron chi connectivity index (χ0n) is 12.6. The Morgan fingerprint density at radius 3 is 2.57 bits per heavy atom. The summed E-state index contributed by atoms with van der Waals surface area (Å²) in [5.41, 5.74) is 1.02. The van der Waals surface area contributed by atoms with Gasteiger partial charge in [-0.2, -0.15) is 17.7 Å². The van der Waals surface area contributed by atoms with Gasteiger partial charge in [0.1, 0.15) is 0 Å². The normalized spacial score (nSPS) is 24.0. The number of piperidine rings is 1. The molecule has 2 N–H and O–H groups in total. The van der Waals surface area contributed by atoms with E-state index in [0.717, 1.165) is 30.7 Å². The van der Waals surface area contributed by atoms with Crippen molar-refractivity contribution in [3.05, 3.63) is 36.2 Å². The summed E-state index contributed by atoms with van der Waals surface area (Å²) in [4.78, 5) is 4.53. The van der Waals surface area contributed by atoms with Crippen molar-refractivity contribution in [1.82, 2.24) is 14.4 Å². The summed E-state index contributed by atoms with van der Waals surface area (Å²) in [5.74, 6) is 1.52. The molecule has 2 heterocycles. The third kappa shape index (κ3) is 2.66. The van der Waals surface area contributed by atoms with Crippen LogP contribution >= 0.6 is 0 Å². The smallest absolute Gasteiger partial charge is 0.276 e. The SMILES string of the molecule is NS(=O)(=O)N1CCC2(CC1)C[C@H]2c1noc(-c2ccccc2)n1. The number of nitrogens with zero attached hydrogens (tertiary/aromatic N) is 3. The van der Waals surface area contributed by atoms with Gasteiger partial charge >= 0.3 is 0 Å². The zero-order valence-corrected chi connectivity index (χ0v) is 13.4. The summed E-state index contributed by atoms with van der Waals surface area (Å²) >= 11 is 0. The van der Waals surface area contributed by atoms with Gasteiger partial charge in [0.2, 0.25) is 0 Å². The maximum atomic E-state index is 11.4. The van der Waals surface area contributed by atoms with E-state index in [1.165, 1.54) is 4.31 Å². The standard InChI is InChI=1S/C15H18N4O3S/c16-23(20,21)19-8-6-15(7-9-19)10-12(15)13-17-14(22-18-13)11-4-2-1-3-5-11/h1-5,12H,6-10H2,(H2,16,20,21)/t12-/m0/s1. The van der Waals surface area contributed by atoms with Gasteiger partial charge in [0.15, 0.2) is 5.82 Å². The van der Waals surface area contributed by atoms with Crippen LogP contribution in [0.5, 0.6) is 0 Å². The van der Waals surface area contributed by atoms with E-state index in [-0.39, 0.29) is 11.3 Å². The molecule has 1 aromatic heterocycles. The number of rotatable bonds is 3. The molecule has 1 saturated carbocycles. The van der Waals surface area contributed by atoms with Crippen LogP contribution in [0.1, 0.15) is 31.0 Å². The second-order valence-electron chi connectivity index (χ2n) is 6.39. The first kappa shape index (κ1) is 14.8. The van der Waals surface area contributed by atoms with Crippen molar-refractivity contribution in [3.63, 3.8) is 0 Å². The van der Waals surface area contributed by atoms with Crippen molar-refractivity contribution >= 4 is 10.2 Å². The predicted molar refractivity (Wildman–Crippen MR) is 83.4 cm³/mol. The Morgan fingerprint density at radius 2 is 1.91 bits per heavy atom. The lowest BCUT2D eigenvalue weighted by molar-refractivity contribution is 0.249. The summed E-state index contributed by atoms with van der Waals surface area (Å²) in [6.07, 6.45) is 2.58. The van der Waals surface area contributed by atoms with Crippen LogP contribution in [0, 0.1) is 5.41 Å². The van der Waals surface area contributed by atoms with E-state index >= 15 is 0 Å². The highest BCUT2D eigenvalue weighted by Crippen LogP contribution is 2.64. The molecule has 2 aromatic rings. The topological polar surface area (TPSA) is 102 Å². The van der Waals surface area contributed by atoms with Crippen LogP contribution in [-0.4, -0.2) is 36.0 Å². The lowest BCUT2D eigenvalue weighted by Gasteiger charge is -2.30. The average molecular weight is 334 g/mol. The lowest BCUT2D eigenvalue weighted by atomic mass is 9.92. The summed E-state index contributed by atoms with van der Waals surface area (Å²) in [5, 5.41) is 9.32. The molecule has 1 spiro atoms. The number of hydrogen-bond acceptors (Lipinski definition) is 5. The van der Waals surface area contributed by atoms with Gasteiger partial charge in [0, 0.05) is 24.6 Å². The van der Waals surface area contributed by atoms with Crippen molar-refractivity contribution in [2.24, 2.45) is 10.6 Å². The monoisotopic (exact) mass is 334 g/mol. The molecule has 1 atom stereocenters. The number of nitrogens with two attached hydrogens (primary N) is 1. The molecule has 4 rings (SSSR count). The van der Waals surface area contributed by atoms with Crippen LogP contribution in [0.4, 0.5) is 0 Å². The third-order valence-corrected chi connectivity index (χ3v) is 6.13. The van der Waals surface area contributed by atoms with Gasteiger partial charge in [-0.1, -0.05) is 23.4 Å². The molecule has 122 valence electrons. The molecule has 0 radical (unpaired) electrons. The molecule has 0 bridgehead atoms. The molecule has 1 saturated heterocycles. The van der Waals surface area contributed by atoms with E-state index < -0.39 is 10.2 Å². The fourth-order valence-electron chi connectivity index (χ4n) is 3.53. The van der Waals surface area contributed by atoms with Crippen molar-refractivity contribution in [2.75, 3.05) is 13.1 Å². The third-order valence-electron chi connectivity index (χ3n) is 5.04. The number of aromatic nitrogens is 2. The van der Waals surface area contributed by atoms with Gasteiger partial charge in [0.05, 0.1) is 0 Å². The highest BCUT2D eigenvalue weighted by atomic mass is 32.2. The Bertz CT molecular complexity index is 810. The molecule has 8 heteroatoms. The minimum Gasteiger partial charge on any atom is -0.334 e. The van der Waals surface area contributed by atoms with Gasteiger partial charge in [-0.15, -0.1) is 0 Å². The second-order valence-corrected chi connectivity index (χ2v) is 7.93. The van der Waals surface area contributed by atoms with E-state index in [1.54, 1.807) is 0 Å². The molecular formula is C15H18N4O3S. The minimum atomic E-state index is -3.58. The summed E-state index contributed by atoms with van der Waals surface area (Å²) in [7, 11) is -3.58. The van der Waals surface area contributed by atoms with Gasteiger partial charge in [-0.25, -0.2) is 5.14 Å². The molecule has 1 aliphatic heterocycles. The van der Waals surface area contributed by atoms with Gasteiger partial charge in [0.25, 0.3) is 16.1 Å². The minimum absolute atomic E-state index is 0.110. The molecule has 7 nitrogen and oxygen atoms in total. The molecule has 1 aliphatic carbocycles. The Labute approximate surface area is 134 Å². The predicted octanol–water partition coefficient (Wildman–Crippen LogP) is 1.51. The molecule has 2 aliphatic rings. The van der Waals surface area contributed by atoms with Crippen molar-refractivity contribution in [3.8, 4) is 11.5 Å². The molecule has 0 amide bonds. The van der Waals surface area contributed by atoms with Crippen LogP contribution in [-0.2, 0) is 10.2 Å². The molecule has 23 heavy (non-hydrogen) atoms. The first-order valence-corrected chi connectivity index (χ1v) is 9.15. The molecule has 2 fully saturated rings. The van der Waals surface area contributed by atoms with Crippen LogP contribution < -0.4 is 5.14 Å². The average Bonchev–Trinajstić information content (AvgIpc) is 3.02. The summed E-state index contributed by atoms with van der Waals surface area (Å²) < 4.78 is 29.5. The number of hydrogen-bond donors (Lipinski definition) is 1. The maximum Gasteiger partial charge on any atom is 0.276 e. The van der Waals surface area contributed by atoms with Crippen LogP contribution in [0.3, 0.4) is 0 Å².